The monoisotopic (exact) mass is 850 g/mol. The van der Waals surface area contributed by atoms with E-state index in [4.69, 9.17) is 4.74 Å². The fraction of sp³-hybridized carbons (Fsp3) is 0.709. The third-order valence-electron chi connectivity index (χ3n) is 11.0. The van der Waals surface area contributed by atoms with Crippen molar-refractivity contribution in [2.24, 2.45) is 0 Å². The number of esters is 1. The van der Waals surface area contributed by atoms with Gasteiger partial charge in [0.15, 0.2) is 0 Å². The molecule has 61 heavy (non-hydrogen) atoms. The van der Waals surface area contributed by atoms with Crippen LogP contribution >= 0.6 is 0 Å². The normalized spacial score (nSPS) is 14.0. The molecule has 0 aromatic rings. The molecule has 0 saturated carbocycles. The molecule has 0 spiro atoms. The highest BCUT2D eigenvalue weighted by atomic mass is 16.5. The Morgan fingerprint density at radius 1 is 0.508 bits per heavy atom. The predicted octanol–water partition coefficient (Wildman–Crippen LogP) is 15.2. The van der Waals surface area contributed by atoms with E-state index in [9.17, 15) is 19.8 Å². The molecule has 6 heteroatoms. The molecule has 0 rings (SSSR count). The van der Waals surface area contributed by atoms with Gasteiger partial charge in [-0.3, -0.25) is 9.59 Å². The van der Waals surface area contributed by atoms with Crippen LogP contribution < -0.4 is 5.32 Å². The highest BCUT2D eigenvalue weighted by molar-refractivity contribution is 5.77. The zero-order chi connectivity index (χ0) is 44.5. The van der Waals surface area contributed by atoms with Crippen molar-refractivity contribution < 1.29 is 24.5 Å². The summed E-state index contributed by atoms with van der Waals surface area (Å²) in [4.78, 5) is 26.1. The molecule has 0 bridgehead atoms. The molecule has 0 aliphatic rings. The topological polar surface area (TPSA) is 95.9 Å². The van der Waals surface area contributed by atoms with Gasteiger partial charge in [0, 0.05) is 12.8 Å². The molecule has 0 radical (unpaired) electrons. The highest BCUT2D eigenvalue weighted by Crippen LogP contribution is 2.15. The van der Waals surface area contributed by atoms with E-state index in [0.717, 1.165) is 83.5 Å². The Balaban J connectivity index is 4.76. The van der Waals surface area contributed by atoms with Crippen molar-refractivity contribution in [1.82, 2.24) is 5.32 Å². The van der Waals surface area contributed by atoms with Crippen LogP contribution in [0.1, 0.15) is 226 Å². The summed E-state index contributed by atoms with van der Waals surface area (Å²) in [7, 11) is 0. The van der Waals surface area contributed by atoms with Gasteiger partial charge < -0.3 is 20.3 Å². The Labute approximate surface area is 376 Å². The minimum absolute atomic E-state index is 0.0108. The number of carbonyl (C=O) groups is 2. The quantitative estimate of drug-likeness (QED) is 0.0246. The molecule has 3 unspecified atom stereocenters. The van der Waals surface area contributed by atoms with Crippen LogP contribution in [0.5, 0.6) is 0 Å². The van der Waals surface area contributed by atoms with Gasteiger partial charge in [0.2, 0.25) is 5.91 Å². The van der Waals surface area contributed by atoms with Gasteiger partial charge in [-0.05, 0) is 70.6 Å². The molecule has 350 valence electrons. The minimum Gasteiger partial charge on any atom is -0.461 e. The second kappa shape index (κ2) is 48.1. The molecule has 0 aromatic heterocycles. The van der Waals surface area contributed by atoms with Crippen LogP contribution in [0.4, 0.5) is 0 Å². The molecule has 0 aromatic carbocycles. The molecule has 1 amide bonds. The summed E-state index contributed by atoms with van der Waals surface area (Å²) in [6.07, 6.45) is 62.3. The number of unbranched alkanes of at least 4 members (excludes halogenated alkanes) is 21. The summed E-state index contributed by atoms with van der Waals surface area (Å²) in [6.45, 7) is 6.38. The van der Waals surface area contributed by atoms with Crippen LogP contribution in [0, 0.1) is 0 Å². The maximum Gasteiger partial charge on any atom is 0.306 e. The first kappa shape index (κ1) is 58.0. The number of nitrogens with one attached hydrogen (secondary N) is 1. The first-order valence-electron chi connectivity index (χ1n) is 25.3. The number of hydrogen-bond acceptors (Lipinski definition) is 5. The molecule has 3 N–H and O–H groups in total. The Morgan fingerprint density at radius 3 is 1.48 bits per heavy atom. The van der Waals surface area contributed by atoms with Gasteiger partial charge in [-0.15, -0.1) is 0 Å². The molecule has 3 atom stereocenters. The summed E-state index contributed by atoms with van der Waals surface area (Å²) in [6, 6.07) is -0.738. The molecule has 0 saturated heterocycles. The number of amides is 1. The Morgan fingerprint density at radius 2 is 0.934 bits per heavy atom. The number of rotatable bonds is 44. The molecule has 0 aliphatic heterocycles. The average molecular weight is 850 g/mol. The number of aliphatic hydroxyl groups excluding tert-OH is 2. The lowest BCUT2D eigenvalue weighted by atomic mass is 10.0. The van der Waals surface area contributed by atoms with Crippen LogP contribution in [0.2, 0.25) is 0 Å². The van der Waals surface area contributed by atoms with Crippen molar-refractivity contribution in [3.05, 3.63) is 85.1 Å². The lowest BCUT2D eigenvalue weighted by molar-refractivity contribution is -0.150. The number of hydrogen-bond donors (Lipinski definition) is 3. The summed E-state index contributed by atoms with van der Waals surface area (Å²) in [5, 5.41) is 23.6. The molecular formula is C55H95NO5. The summed E-state index contributed by atoms with van der Waals surface area (Å²) < 4.78 is 5.85. The van der Waals surface area contributed by atoms with E-state index < -0.39 is 18.2 Å². The third kappa shape index (κ3) is 43.5. The van der Waals surface area contributed by atoms with Gasteiger partial charge >= 0.3 is 5.97 Å². The van der Waals surface area contributed by atoms with Gasteiger partial charge in [0.1, 0.15) is 6.10 Å². The second-order valence-corrected chi connectivity index (χ2v) is 16.9. The maximum absolute atomic E-state index is 13.1. The van der Waals surface area contributed by atoms with Crippen molar-refractivity contribution >= 4 is 11.9 Å². The van der Waals surface area contributed by atoms with E-state index in [1.807, 2.05) is 12.2 Å². The first-order valence-corrected chi connectivity index (χ1v) is 25.3. The molecule has 6 nitrogen and oxygen atoms in total. The summed E-state index contributed by atoms with van der Waals surface area (Å²) >= 11 is 0. The Hall–Kier alpha value is -2.96. The third-order valence-corrected chi connectivity index (χ3v) is 11.0. The molecule has 0 fully saturated rings. The van der Waals surface area contributed by atoms with E-state index in [-0.39, 0.29) is 24.9 Å². The largest absolute Gasteiger partial charge is 0.461 e. The smallest absolute Gasteiger partial charge is 0.306 e. The van der Waals surface area contributed by atoms with Crippen LogP contribution in [-0.2, 0) is 14.3 Å². The fourth-order valence-electron chi connectivity index (χ4n) is 7.12. The summed E-state index contributed by atoms with van der Waals surface area (Å²) in [5.41, 5.74) is 0. The highest BCUT2D eigenvalue weighted by Gasteiger charge is 2.23. The zero-order valence-corrected chi connectivity index (χ0v) is 39.8. The van der Waals surface area contributed by atoms with E-state index in [0.29, 0.717) is 19.3 Å². The van der Waals surface area contributed by atoms with E-state index >= 15 is 0 Å². The van der Waals surface area contributed by atoms with E-state index in [2.05, 4.69) is 99.0 Å². The molecule has 0 heterocycles. The van der Waals surface area contributed by atoms with Gasteiger partial charge in [0.25, 0.3) is 0 Å². The first-order chi connectivity index (χ1) is 30.0. The number of allylic oxidation sites excluding steroid dienone is 13. The minimum atomic E-state index is -0.817. The fourth-order valence-corrected chi connectivity index (χ4v) is 7.12. The lowest BCUT2D eigenvalue weighted by Gasteiger charge is -2.24. The molecule has 0 aliphatic carbocycles. The van der Waals surface area contributed by atoms with E-state index in [1.54, 1.807) is 0 Å². The van der Waals surface area contributed by atoms with Gasteiger partial charge in [-0.25, -0.2) is 0 Å². The second-order valence-electron chi connectivity index (χ2n) is 16.9. The van der Waals surface area contributed by atoms with Crippen LogP contribution in [0.15, 0.2) is 85.1 Å². The standard InChI is InChI=1S/C55H95NO5/c1-4-7-10-13-16-19-21-23-25-26-27-29-31-33-36-39-42-45-48-55(60)61-51(46-43-40-37-35-32-30-28-24-22-20-17-14-11-8-5-2)49-54(59)56-52(50-57)53(58)47-44-41-38-34-18-15-12-9-6-3/h17,20-21,23-29,32,35,40,43,51-53,57-58H,4-16,18-19,22,30-31,33-34,36-39,41-42,44-50H2,1-3H3,(H,56,59)/b20-17-,23-21+,26-25+,28-24-,29-27+,35-32-,43-40-. The van der Waals surface area contributed by atoms with Crippen molar-refractivity contribution in [1.29, 1.82) is 0 Å². The van der Waals surface area contributed by atoms with Gasteiger partial charge in [-0.2, -0.15) is 0 Å². The zero-order valence-electron chi connectivity index (χ0n) is 39.8. The lowest BCUT2D eigenvalue weighted by Crippen LogP contribution is -2.46. The van der Waals surface area contributed by atoms with E-state index in [1.165, 1.54) is 96.3 Å². The number of carbonyl (C=O) groups excluding carboxylic acids is 2. The Bertz CT molecular complexity index is 1180. The summed E-state index contributed by atoms with van der Waals surface area (Å²) in [5.74, 6) is -0.605. The van der Waals surface area contributed by atoms with Crippen LogP contribution in [0.3, 0.4) is 0 Å². The SMILES string of the molecule is CCCCC/C=C\C/C=C\C/C=C\C/C=C\CC(CC(=O)NC(CO)C(O)CCCCCCCCCCC)OC(=O)CCCCCCC/C=C/C=C/C=C/CCCCCCC. The molecular weight excluding hydrogens is 755 g/mol. The Kier molecular flexibility index (Phi) is 45.7. The van der Waals surface area contributed by atoms with Crippen LogP contribution in [0.25, 0.3) is 0 Å². The van der Waals surface area contributed by atoms with Gasteiger partial charge in [-0.1, -0.05) is 221 Å². The maximum atomic E-state index is 13.1. The predicted molar refractivity (Wildman–Crippen MR) is 264 cm³/mol. The van der Waals surface area contributed by atoms with Crippen molar-refractivity contribution in [2.75, 3.05) is 6.61 Å². The van der Waals surface area contributed by atoms with Crippen molar-refractivity contribution in [3.63, 3.8) is 0 Å². The van der Waals surface area contributed by atoms with Crippen molar-refractivity contribution in [3.8, 4) is 0 Å². The van der Waals surface area contributed by atoms with Crippen molar-refractivity contribution in [2.45, 2.75) is 244 Å². The number of ether oxygens (including phenoxy) is 1. The number of aliphatic hydroxyl groups is 2. The average Bonchev–Trinajstić information content (AvgIpc) is 3.25. The van der Waals surface area contributed by atoms with Crippen LogP contribution in [-0.4, -0.2) is 46.9 Å². The van der Waals surface area contributed by atoms with Gasteiger partial charge in [0.05, 0.1) is 25.2 Å².